The van der Waals surface area contributed by atoms with Gasteiger partial charge in [0.05, 0.1) is 0 Å². The molecule has 2 aromatic carbocycles. The highest BCUT2D eigenvalue weighted by molar-refractivity contribution is 6.08. The molecule has 2 heteroatoms. The molecule has 0 aliphatic carbocycles. The molecule has 0 saturated carbocycles. The van der Waals surface area contributed by atoms with Gasteiger partial charge >= 0.3 is 0 Å². The van der Waals surface area contributed by atoms with E-state index in [1.165, 1.54) is 5.56 Å². The van der Waals surface area contributed by atoms with Crippen LogP contribution in [0.25, 0.3) is 5.70 Å². The van der Waals surface area contributed by atoms with Crippen LogP contribution in [-0.2, 0) is 6.42 Å². The van der Waals surface area contributed by atoms with E-state index in [9.17, 15) is 4.79 Å². The van der Waals surface area contributed by atoms with E-state index in [4.69, 9.17) is 0 Å². The van der Waals surface area contributed by atoms with Crippen molar-refractivity contribution < 1.29 is 4.79 Å². The summed E-state index contributed by atoms with van der Waals surface area (Å²) in [7, 11) is 2.07. The quantitative estimate of drug-likeness (QED) is 0.602. The molecule has 118 valence electrons. The minimum atomic E-state index is -0.00687. The van der Waals surface area contributed by atoms with Crippen LogP contribution < -0.4 is 0 Å². The van der Waals surface area contributed by atoms with Crippen LogP contribution in [0, 0.1) is 6.92 Å². The number of allylic oxidation sites excluding steroid dienone is 1. The van der Waals surface area contributed by atoms with Crippen LogP contribution in [-0.4, -0.2) is 23.3 Å². The summed E-state index contributed by atoms with van der Waals surface area (Å²) in [6.45, 7) is 6.44. The highest BCUT2D eigenvalue weighted by Crippen LogP contribution is 2.36. The second-order valence-corrected chi connectivity index (χ2v) is 6.97. The average Bonchev–Trinajstić information content (AvgIpc) is 2.51. The van der Waals surface area contributed by atoms with Crippen molar-refractivity contribution in [2.45, 2.75) is 32.7 Å². The first-order valence-corrected chi connectivity index (χ1v) is 8.03. The molecule has 1 aliphatic heterocycles. The summed E-state index contributed by atoms with van der Waals surface area (Å²) in [6, 6.07) is 16.1. The van der Waals surface area contributed by atoms with Gasteiger partial charge in [-0.15, -0.1) is 0 Å². The highest BCUT2D eigenvalue weighted by Gasteiger charge is 2.33. The first-order valence-electron chi connectivity index (χ1n) is 8.03. The molecule has 0 spiro atoms. The van der Waals surface area contributed by atoms with Crippen LogP contribution in [0.5, 0.6) is 0 Å². The van der Waals surface area contributed by atoms with E-state index in [0.29, 0.717) is 0 Å². The fourth-order valence-electron chi connectivity index (χ4n) is 3.20. The molecule has 0 aromatic heterocycles. The molecule has 2 aromatic rings. The normalized spacial score (nSPS) is 17.9. The number of rotatable bonds is 2. The minimum Gasteiger partial charge on any atom is -0.369 e. The number of hydrogen-bond donors (Lipinski definition) is 0. The Bertz CT molecular complexity index is 786. The van der Waals surface area contributed by atoms with Crippen molar-refractivity contribution in [2.75, 3.05) is 7.05 Å². The lowest BCUT2D eigenvalue weighted by Gasteiger charge is -2.44. The standard InChI is InChI=1S/C21H23NO/c1-15-8-7-10-16(12-15)20(23)13-19-18-11-6-5-9-17(18)14-21(2,3)22(19)4/h5-13H,14H2,1-4H3. The Hall–Kier alpha value is -2.35. The van der Waals surface area contributed by atoms with Crippen molar-refractivity contribution in [2.24, 2.45) is 0 Å². The topological polar surface area (TPSA) is 20.3 Å². The summed E-state index contributed by atoms with van der Waals surface area (Å²) in [6.07, 6.45) is 2.77. The Labute approximate surface area is 138 Å². The van der Waals surface area contributed by atoms with Gasteiger partial charge in [-0.25, -0.2) is 0 Å². The fourth-order valence-corrected chi connectivity index (χ4v) is 3.20. The number of likely N-dealkylation sites (N-methyl/N-ethyl adjacent to an activating group) is 1. The molecule has 3 rings (SSSR count). The number of benzene rings is 2. The zero-order valence-corrected chi connectivity index (χ0v) is 14.3. The maximum absolute atomic E-state index is 12.7. The molecule has 0 amide bonds. The molecule has 0 saturated heterocycles. The van der Waals surface area contributed by atoms with Gasteiger partial charge in [0, 0.05) is 35.5 Å². The molecule has 23 heavy (non-hydrogen) atoms. The Balaban J connectivity index is 2.08. The predicted molar refractivity (Wildman–Crippen MR) is 95.5 cm³/mol. The molecular weight excluding hydrogens is 282 g/mol. The summed E-state index contributed by atoms with van der Waals surface area (Å²) in [5.74, 6) is 0.0584. The lowest BCUT2D eigenvalue weighted by molar-refractivity contribution is 0.104. The molecule has 0 atom stereocenters. The molecule has 2 nitrogen and oxygen atoms in total. The van der Waals surface area contributed by atoms with Crippen LogP contribution >= 0.6 is 0 Å². The largest absolute Gasteiger partial charge is 0.369 e. The summed E-state index contributed by atoms with van der Waals surface area (Å²) in [4.78, 5) is 15.0. The van der Waals surface area contributed by atoms with Gasteiger partial charge in [-0.1, -0.05) is 48.0 Å². The van der Waals surface area contributed by atoms with E-state index in [1.807, 2.05) is 37.3 Å². The predicted octanol–water partition coefficient (Wildman–Crippen LogP) is 4.49. The Morgan fingerprint density at radius 2 is 1.87 bits per heavy atom. The minimum absolute atomic E-state index is 0.00687. The molecule has 0 bridgehead atoms. The molecule has 0 fully saturated rings. The van der Waals surface area contributed by atoms with Gasteiger partial charge in [0.15, 0.2) is 5.78 Å². The molecule has 1 heterocycles. The van der Waals surface area contributed by atoms with Crippen LogP contribution in [0.2, 0.25) is 0 Å². The zero-order valence-electron chi connectivity index (χ0n) is 14.3. The third-order valence-electron chi connectivity index (χ3n) is 4.76. The number of carbonyl (C=O) groups excluding carboxylic acids is 1. The third kappa shape index (κ3) is 2.94. The van der Waals surface area contributed by atoms with Gasteiger partial charge < -0.3 is 4.90 Å². The van der Waals surface area contributed by atoms with Crippen LogP contribution in [0.1, 0.15) is 40.9 Å². The van der Waals surface area contributed by atoms with Crippen molar-refractivity contribution >= 4 is 11.5 Å². The second-order valence-electron chi connectivity index (χ2n) is 6.97. The number of aryl methyl sites for hydroxylation is 1. The Kier molecular flexibility index (Phi) is 3.85. The van der Waals surface area contributed by atoms with Gasteiger partial charge in [-0.2, -0.15) is 0 Å². The third-order valence-corrected chi connectivity index (χ3v) is 4.76. The lowest BCUT2D eigenvalue weighted by atomic mass is 9.83. The van der Waals surface area contributed by atoms with Crippen molar-refractivity contribution in [3.63, 3.8) is 0 Å². The number of nitrogens with zero attached hydrogens (tertiary/aromatic N) is 1. The number of hydrogen-bond acceptors (Lipinski definition) is 2. The first-order chi connectivity index (χ1) is 10.9. The Morgan fingerprint density at radius 1 is 1.13 bits per heavy atom. The monoisotopic (exact) mass is 305 g/mol. The molecule has 0 radical (unpaired) electrons. The fraction of sp³-hybridized carbons (Fsp3) is 0.286. The molecule has 0 N–H and O–H groups in total. The van der Waals surface area contributed by atoms with Crippen molar-refractivity contribution in [1.82, 2.24) is 4.90 Å². The van der Waals surface area contributed by atoms with E-state index < -0.39 is 0 Å². The smallest absolute Gasteiger partial charge is 0.187 e. The zero-order chi connectivity index (χ0) is 16.6. The lowest BCUT2D eigenvalue weighted by Crippen LogP contribution is -2.45. The molecule has 0 unspecified atom stereocenters. The molecular formula is C21H23NO. The van der Waals surface area contributed by atoms with E-state index in [-0.39, 0.29) is 11.3 Å². The second kappa shape index (κ2) is 5.69. The molecule has 1 aliphatic rings. The SMILES string of the molecule is Cc1cccc(C(=O)C=C2c3ccccc3CC(C)(C)N2C)c1. The number of fused-ring (bicyclic) bond motifs is 1. The Morgan fingerprint density at radius 3 is 2.61 bits per heavy atom. The van der Waals surface area contributed by atoms with E-state index in [0.717, 1.165) is 28.8 Å². The maximum atomic E-state index is 12.7. The van der Waals surface area contributed by atoms with Gasteiger partial charge in [0.1, 0.15) is 0 Å². The van der Waals surface area contributed by atoms with Gasteiger partial charge in [0.2, 0.25) is 0 Å². The van der Waals surface area contributed by atoms with Crippen molar-refractivity contribution in [1.29, 1.82) is 0 Å². The summed E-state index contributed by atoms with van der Waals surface area (Å²) in [5, 5.41) is 0. The van der Waals surface area contributed by atoms with Crippen LogP contribution in [0.4, 0.5) is 0 Å². The van der Waals surface area contributed by atoms with Gasteiger partial charge in [-0.05, 0) is 38.8 Å². The number of carbonyl (C=O) groups is 1. The van der Waals surface area contributed by atoms with E-state index >= 15 is 0 Å². The first kappa shape index (κ1) is 15.5. The highest BCUT2D eigenvalue weighted by atomic mass is 16.1. The van der Waals surface area contributed by atoms with Gasteiger partial charge in [-0.3, -0.25) is 4.79 Å². The average molecular weight is 305 g/mol. The van der Waals surface area contributed by atoms with E-state index in [1.54, 1.807) is 6.08 Å². The van der Waals surface area contributed by atoms with Crippen LogP contribution in [0.15, 0.2) is 54.6 Å². The van der Waals surface area contributed by atoms with Gasteiger partial charge in [0.25, 0.3) is 0 Å². The van der Waals surface area contributed by atoms with Crippen molar-refractivity contribution in [3.8, 4) is 0 Å². The van der Waals surface area contributed by atoms with Crippen molar-refractivity contribution in [3.05, 3.63) is 76.9 Å². The van der Waals surface area contributed by atoms with E-state index in [2.05, 4.69) is 44.0 Å². The van der Waals surface area contributed by atoms with Crippen LogP contribution in [0.3, 0.4) is 0 Å². The maximum Gasteiger partial charge on any atom is 0.187 e. The summed E-state index contributed by atoms with van der Waals surface area (Å²) >= 11 is 0. The number of ketones is 1. The summed E-state index contributed by atoms with van der Waals surface area (Å²) < 4.78 is 0. The summed E-state index contributed by atoms with van der Waals surface area (Å²) in [5.41, 5.74) is 5.31.